The van der Waals surface area contributed by atoms with Gasteiger partial charge in [-0.2, -0.15) is 0 Å². The van der Waals surface area contributed by atoms with Crippen LogP contribution in [0.15, 0.2) is 0 Å². The number of amides is 1. The molecule has 2 N–H and O–H groups in total. The Morgan fingerprint density at radius 3 is 2.82 bits per heavy atom. The Kier molecular flexibility index (Phi) is 2.88. The van der Waals surface area contributed by atoms with E-state index in [0.717, 1.165) is 12.8 Å². The SMILES string of the molecule is CCC(O)CNC(=O)C1CC1. The van der Waals surface area contributed by atoms with Gasteiger partial charge in [-0.3, -0.25) is 4.79 Å². The summed E-state index contributed by atoms with van der Waals surface area (Å²) in [5, 5.41) is 11.8. The predicted molar refractivity (Wildman–Crippen MR) is 42.0 cm³/mol. The van der Waals surface area contributed by atoms with Crippen LogP contribution in [0.4, 0.5) is 0 Å². The van der Waals surface area contributed by atoms with E-state index in [4.69, 9.17) is 5.11 Å². The second kappa shape index (κ2) is 3.72. The summed E-state index contributed by atoms with van der Waals surface area (Å²) in [5.41, 5.74) is 0. The van der Waals surface area contributed by atoms with Gasteiger partial charge in [0.25, 0.3) is 0 Å². The van der Waals surface area contributed by atoms with Crippen molar-refractivity contribution in [2.45, 2.75) is 32.3 Å². The van der Waals surface area contributed by atoms with Gasteiger partial charge in [0.15, 0.2) is 0 Å². The van der Waals surface area contributed by atoms with Crippen LogP contribution in [0.3, 0.4) is 0 Å². The molecule has 0 aliphatic heterocycles. The normalized spacial score (nSPS) is 19.5. The van der Waals surface area contributed by atoms with Crippen molar-refractivity contribution >= 4 is 5.91 Å². The lowest BCUT2D eigenvalue weighted by molar-refractivity contribution is -0.122. The molecule has 0 radical (unpaired) electrons. The number of hydrogen-bond acceptors (Lipinski definition) is 2. The quantitative estimate of drug-likeness (QED) is 0.616. The van der Waals surface area contributed by atoms with E-state index in [-0.39, 0.29) is 17.9 Å². The third-order valence-corrected chi connectivity index (χ3v) is 1.93. The molecule has 0 heterocycles. The van der Waals surface area contributed by atoms with Crippen molar-refractivity contribution < 1.29 is 9.90 Å². The third-order valence-electron chi connectivity index (χ3n) is 1.93. The van der Waals surface area contributed by atoms with Crippen LogP contribution in [0.1, 0.15) is 26.2 Å². The number of aliphatic hydroxyl groups excluding tert-OH is 1. The van der Waals surface area contributed by atoms with Gasteiger partial charge in [0.2, 0.25) is 5.91 Å². The fourth-order valence-electron chi connectivity index (χ4n) is 0.853. The van der Waals surface area contributed by atoms with Crippen molar-refractivity contribution in [2.24, 2.45) is 5.92 Å². The Labute approximate surface area is 66.8 Å². The van der Waals surface area contributed by atoms with Crippen LogP contribution in [0, 0.1) is 5.92 Å². The second-order valence-electron chi connectivity index (χ2n) is 3.08. The number of rotatable bonds is 4. The molecule has 0 aromatic carbocycles. The fraction of sp³-hybridized carbons (Fsp3) is 0.875. The van der Waals surface area contributed by atoms with Crippen LogP contribution >= 0.6 is 0 Å². The minimum Gasteiger partial charge on any atom is -0.391 e. The van der Waals surface area contributed by atoms with E-state index < -0.39 is 0 Å². The maximum absolute atomic E-state index is 11.0. The summed E-state index contributed by atoms with van der Waals surface area (Å²) in [5.74, 6) is 0.358. The lowest BCUT2D eigenvalue weighted by atomic mass is 10.3. The zero-order chi connectivity index (χ0) is 8.27. The van der Waals surface area contributed by atoms with Gasteiger partial charge in [-0.1, -0.05) is 6.92 Å². The van der Waals surface area contributed by atoms with E-state index in [1.807, 2.05) is 6.92 Å². The number of nitrogens with one attached hydrogen (secondary N) is 1. The summed E-state index contributed by atoms with van der Waals surface area (Å²) in [7, 11) is 0. The molecule has 1 aliphatic carbocycles. The van der Waals surface area contributed by atoms with Gasteiger partial charge in [0.1, 0.15) is 0 Å². The van der Waals surface area contributed by atoms with Crippen LogP contribution in [-0.2, 0) is 4.79 Å². The lowest BCUT2D eigenvalue weighted by Crippen LogP contribution is -2.32. The lowest BCUT2D eigenvalue weighted by Gasteiger charge is -2.08. The van der Waals surface area contributed by atoms with Gasteiger partial charge in [-0.25, -0.2) is 0 Å². The summed E-state index contributed by atoms with van der Waals surface area (Å²) in [6.07, 6.45) is 2.37. The number of carbonyl (C=O) groups is 1. The summed E-state index contributed by atoms with van der Waals surface area (Å²) in [6.45, 7) is 2.31. The minimum atomic E-state index is -0.377. The van der Waals surface area contributed by atoms with E-state index in [1.54, 1.807) is 0 Å². The third kappa shape index (κ3) is 2.89. The molecule has 0 bridgehead atoms. The molecule has 1 amide bonds. The van der Waals surface area contributed by atoms with Crippen molar-refractivity contribution in [2.75, 3.05) is 6.54 Å². The van der Waals surface area contributed by atoms with Crippen LogP contribution in [0.25, 0.3) is 0 Å². The van der Waals surface area contributed by atoms with Crippen LogP contribution in [0.2, 0.25) is 0 Å². The highest BCUT2D eigenvalue weighted by Gasteiger charge is 2.29. The molecule has 64 valence electrons. The van der Waals surface area contributed by atoms with E-state index in [1.165, 1.54) is 0 Å². The first-order valence-electron chi connectivity index (χ1n) is 4.19. The average Bonchev–Trinajstić information content (AvgIpc) is 2.81. The topological polar surface area (TPSA) is 49.3 Å². The van der Waals surface area contributed by atoms with Gasteiger partial charge < -0.3 is 10.4 Å². The zero-order valence-electron chi connectivity index (χ0n) is 6.84. The van der Waals surface area contributed by atoms with Crippen LogP contribution in [-0.4, -0.2) is 23.7 Å². The summed E-state index contributed by atoms with van der Waals surface area (Å²) in [4.78, 5) is 11.0. The highest BCUT2D eigenvalue weighted by Crippen LogP contribution is 2.28. The Bertz CT molecular complexity index is 143. The highest BCUT2D eigenvalue weighted by molar-refractivity contribution is 5.80. The van der Waals surface area contributed by atoms with Crippen molar-refractivity contribution in [3.63, 3.8) is 0 Å². The molecule has 3 nitrogen and oxygen atoms in total. The van der Waals surface area contributed by atoms with E-state index >= 15 is 0 Å². The molecule has 1 rings (SSSR count). The van der Waals surface area contributed by atoms with E-state index in [0.29, 0.717) is 13.0 Å². The predicted octanol–water partition coefficient (Wildman–Crippen LogP) is 0.283. The van der Waals surface area contributed by atoms with Crippen LogP contribution in [0.5, 0.6) is 0 Å². The Hall–Kier alpha value is -0.570. The highest BCUT2D eigenvalue weighted by atomic mass is 16.3. The van der Waals surface area contributed by atoms with Gasteiger partial charge in [-0.05, 0) is 19.3 Å². The smallest absolute Gasteiger partial charge is 0.223 e. The Morgan fingerprint density at radius 1 is 1.73 bits per heavy atom. The van der Waals surface area contributed by atoms with Crippen molar-refractivity contribution in [1.82, 2.24) is 5.32 Å². The van der Waals surface area contributed by atoms with E-state index in [2.05, 4.69) is 5.32 Å². The Morgan fingerprint density at radius 2 is 2.36 bits per heavy atom. The van der Waals surface area contributed by atoms with Gasteiger partial charge >= 0.3 is 0 Å². The monoisotopic (exact) mass is 157 g/mol. The molecule has 1 unspecified atom stereocenters. The molecule has 1 fully saturated rings. The molecule has 1 aliphatic rings. The van der Waals surface area contributed by atoms with Crippen molar-refractivity contribution in [3.8, 4) is 0 Å². The van der Waals surface area contributed by atoms with Gasteiger partial charge in [0, 0.05) is 12.5 Å². The standard InChI is InChI=1S/C8H15NO2/c1-2-7(10)5-9-8(11)6-3-4-6/h6-7,10H,2-5H2,1H3,(H,9,11). The number of hydrogen-bond donors (Lipinski definition) is 2. The Balaban J connectivity index is 2.05. The average molecular weight is 157 g/mol. The maximum atomic E-state index is 11.0. The van der Waals surface area contributed by atoms with Crippen LogP contribution < -0.4 is 5.32 Å². The first-order valence-corrected chi connectivity index (χ1v) is 4.19. The van der Waals surface area contributed by atoms with E-state index in [9.17, 15) is 4.79 Å². The van der Waals surface area contributed by atoms with Gasteiger partial charge in [0.05, 0.1) is 6.10 Å². The summed E-state index contributed by atoms with van der Waals surface area (Å²) in [6, 6.07) is 0. The number of aliphatic hydroxyl groups is 1. The van der Waals surface area contributed by atoms with Crippen molar-refractivity contribution in [1.29, 1.82) is 0 Å². The molecule has 0 aromatic heterocycles. The molecule has 0 spiro atoms. The molecule has 1 atom stereocenters. The molecule has 3 heteroatoms. The van der Waals surface area contributed by atoms with Crippen molar-refractivity contribution in [3.05, 3.63) is 0 Å². The summed E-state index contributed by atoms with van der Waals surface area (Å²) >= 11 is 0. The largest absolute Gasteiger partial charge is 0.391 e. The fourth-order valence-corrected chi connectivity index (χ4v) is 0.853. The zero-order valence-corrected chi connectivity index (χ0v) is 6.84. The number of carbonyl (C=O) groups excluding carboxylic acids is 1. The molecular weight excluding hydrogens is 142 g/mol. The first-order chi connectivity index (χ1) is 5.24. The molecule has 1 saturated carbocycles. The molecule has 0 saturated heterocycles. The molecular formula is C8H15NO2. The second-order valence-corrected chi connectivity index (χ2v) is 3.08. The minimum absolute atomic E-state index is 0.109. The molecule has 0 aromatic rings. The van der Waals surface area contributed by atoms with Gasteiger partial charge in [-0.15, -0.1) is 0 Å². The summed E-state index contributed by atoms with van der Waals surface area (Å²) < 4.78 is 0. The first kappa shape index (κ1) is 8.53. The maximum Gasteiger partial charge on any atom is 0.223 e. The molecule has 11 heavy (non-hydrogen) atoms.